The van der Waals surface area contributed by atoms with E-state index in [4.69, 9.17) is 9.47 Å². The van der Waals surface area contributed by atoms with Gasteiger partial charge < -0.3 is 29.9 Å². The van der Waals surface area contributed by atoms with Crippen LogP contribution in [0.15, 0.2) is 24.7 Å². The summed E-state index contributed by atoms with van der Waals surface area (Å²) < 4.78 is 36.8. The summed E-state index contributed by atoms with van der Waals surface area (Å²) in [5, 5.41) is 13.3. The zero-order chi connectivity index (χ0) is 27.5. The summed E-state index contributed by atoms with van der Waals surface area (Å²) in [4.78, 5) is 39.0. The Morgan fingerprint density at radius 1 is 1.15 bits per heavy atom. The molecule has 2 aliphatic heterocycles. The van der Waals surface area contributed by atoms with Gasteiger partial charge in [0.1, 0.15) is 12.6 Å². The van der Waals surface area contributed by atoms with Crippen LogP contribution in [0.2, 0.25) is 0 Å². The molecule has 40 heavy (non-hydrogen) atoms. The monoisotopic (exact) mass is 557 g/mol. The Balaban J connectivity index is 1.30. The highest BCUT2D eigenvalue weighted by molar-refractivity contribution is 5.96. The third-order valence-corrected chi connectivity index (χ3v) is 6.86. The number of nitrogens with zero attached hydrogens (tertiary/aromatic N) is 8. The molecule has 0 unspecified atom stereocenters. The minimum atomic E-state index is -2.63. The summed E-state index contributed by atoms with van der Waals surface area (Å²) in [6.45, 7) is 1.59. The van der Waals surface area contributed by atoms with E-state index >= 15 is 0 Å². The van der Waals surface area contributed by atoms with Crippen molar-refractivity contribution in [2.45, 2.75) is 43.8 Å². The minimum Gasteiger partial charge on any atom is -0.378 e. The van der Waals surface area contributed by atoms with E-state index in [1.165, 1.54) is 18.6 Å². The number of H-pyrrole nitrogens is 1. The number of nitrogens with one attached hydrogen (secondary N) is 3. The molecule has 0 spiro atoms. The number of carbonyl (C=O) groups excluding carboxylic acids is 1. The van der Waals surface area contributed by atoms with Crippen molar-refractivity contribution >= 4 is 35.4 Å². The summed E-state index contributed by atoms with van der Waals surface area (Å²) >= 11 is 0. The van der Waals surface area contributed by atoms with Gasteiger partial charge in [0.05, 0.1) is 25.5 Å². The molecule has 0 aromatic carbocycles. The lowest BCUT2D eigenvalue weighted by Crippen LogP contribution is -2.42. The van der Waals surface area contributed by atoms with Gasteiger partial charge in [-0.05, 0) is 12.8 Å². The first-order valence-corrected chi connectivity index (χ1v) is 13.2. The normalized spacial score (nSPS) is 21.2. The van der Waals surface area contributed by atoms with Gasteiger partial charge in [-0.25, -0.2) is 13.8 Å². The molecule has 6 rings (SSSR count). The number of aromatic amines is 1. The number of hydrogen-bond donors (Lipinski definition) is 3. The zero-order valence-corrected chi connectivity index (χ0v) is 21.5. The standard InChI is InChI=1S/C24H29F2N11O3/c25-18(26)13-40-15-9-17(21(38)29-20-11-27-3-4-28-20)37(12-15)24-32-22(30-19-10-16(34-35-19)14-1-2-14)31-23(33-24)36-5-7-39-8-6-36/h3-4,10-11,14-15,17-18H,1-2,5-9,12-13H2,(H,28,29,38)(H2,30,31,32,33,34,35)/t15-,17-/m0/s1. The molecule has 212 valence electrons. The maximum atomic E-state index is 13.4. The van der Waals surface area contributed by atoms with Crippen LogP contribution in [-0.4, -0.2) is 99.1 Å². The van der Waals surface area contributed by atoms with Crippen LogP contribution in [0.5, 0.6) is 0 Å². The van der Waals surface area contributed by atoms with Gasteiger partial charge in [0.15, 0.2) is 11.6 Å². The molecule has 3 aliphatic rings. The third kappa shape index (κ3) is 6.22. The maximum absolute atomic E-state index is 13.4. The Labute approximate surface area is 227 Å². The van der Waals surface area contributed by atoms with Crippen LogP contribution in [0.4, 0.5) is 38.3 Å². The number of amides is 1. The van der Waals surface area contributed by atoms with Crippen molar-refractivity contribution < 1.29 is 23.0 Å². The third-order valence-electron chi connectivity index (χ3n) is 6.86. The zero-order valence-electron chi connectivity index (χ0n) is 21.5. The van der Waals surface area contributed by atoms with Crippen LogP contribution >= 0.6 is 0 Å². The first-order valence-electron chi connectivity index (χ1n) is 13.2. The van der Waals surface area contributed by atoms with Crippen LogP contribution in [0.25, 0.3) is 0 Å². The lowest BCUT2D eigenvalue weighted by Gasteiger charge is -2.29. The Kier molecular flexibility index (Phi) is 7.59. The molecule has 5 heterocycles. The molecule has 0 bridgehead atoms. The Hall–Kier alpha value is -4.05. The van der Waals surface area contributed by atoms with Crippen molar-refractivity contribution in [3.05, 3.63) is 30.4 Å². The van der Waals surface area contributed by atoms with E-state index in [1.54, 1.807) is 4.90 Å². The van der Waals surface area contributed by atoms with Crippen LogP contribution in [-0.2, 0) is 14.3 Å². The molecule has 1 saturated carbocycles. The highest BCUT2D eigenvalue weighted by atomic mass is 19.3. The summed E-state index contributed by atoms with van der Waals surface area (Å²) in [6, 6.07) is 1.11. The van der Waals surface area contributed by atoms with Crippen LogP contribution in [0.3, 0.4) is 0 Å². The smallest absolute Gasteiger partial charge is 0.261 e. The van der Waals surface area contributed by atoms with Crippen LogP contribution in [0.1, 0.15) is 30.9 Å². The number of morpholine rings is 1. The molecular weight excluding hydrogens is 528 g/mol. The number of alkyl halides is 2. The minimum absolute atomic E-state index is 0.130. The number of rotatable bonds is 10. The van der Waals surface area contributed by atoms with Gasteiger partial charge in [0.25, 0.3) is 6.43 Å². The number of anilines is 5. The molecule has 3 fully saturated rings. The van der Waals surface area contributed by atoms with Crippen LogP contribution in [0, 0.1) is 0 Å². The predicted octanol–water partition coefficient (Wildman–Crippen LogP) is 1.71. The van der Waals surface area contributed by atoms with E-state index in [0.717, 1.165) is 18.5 Å². The van der Waals surface area contributed by atoms with Gasteiger partial charge in [-0.3, -0.25) is 14.9 Å². The van der Waals surface area contributed by atoms with Gasteiger partial charge in [-0.1, -0.05) is 0 Å². The van der Waals surface area contributed by atoms with E-state index < -0.39 is 31.1 Å². The van der Waals surface area contributed by atoms with Crippen LogP contribution < -0.4 is 20.4 Å². The number of aromatic nitrogens is 7. The average Bonchev–Trinajstić information content (AvgIpc) is 3.56. The Morgan fingerprint density at radius 3 is 2.73 bits per heavy atom. The second-order valence-electron chi connectivity index (χ2n) is 9.80. The fraction of sp³-hybridized carbons (Fsp3) is 0.542. The number of halogens is 2. The van der Waals surface area contributed by atoms with E-state index in [0.29, 0.717) is 44.0 Å². The van der Waals surface area contributed by atoms with Crippen molar-refractivity contribution in [3.63, 3.8) is 0 Å². The van der Waals surface area contributed by atoms with Gasteiger partial charge in [-0.15, -0.1) is 0 Å². The van der Waals surface area contributed by atoms with Crippen molar-refractivity contribution in [1.29, 1.82) is 0 Å². The van der Waals surface area contributed by atoms with Crippen molar-refractivity contribution in [1.82, 2.24) is 35.1 Å². The molecule has 0 radical (unpaired) electrons. The fourth-order valence-electron chi connectivity index (χ4n) is 4.73. The second-order valence-corrected chi connectivity index (χ2v) is 9.80. The average molecular weight is 558 g/mol. The van der Waals surface area contributed by atoms with Gasteiger partial charge >= 0.3 is 0 Å². The fourth-order valence-corrected chi connectivity index (χ4v) is 4.73. The van der Waals surface area contributed by atoms with E-state index in [9.17, 15) is 13.6 Å². The van der Waals surface area contributed by atoms with Gasteiger partial charge in [-0.2, -0.15) is 20.1 Å². The second kappa shape index (κ2) is 11.6. The quantitative estimate of drug-likeness (QED) is 0.332. The van der Waals surface area contributed by atoms with Crippen molar-refractivity contribution in [2.24, 2.45) is 0 Å². The van der Waals surface area contributed by atoms with Gasteiger partial charge in [0.2, 0.25) is 23.8 Å². The Bertz CT molecular complexity index is 1300. The Morgan fingerprint density at radius 2 is 1.98 bits per heavy atom. The molecule has 1 amide bonds. The highest BCUT2D eigenvalue weighted by Crippen LogP contribution is 2.39. The van der Waals surface area contributed by atoms with E-state index in [-0.39, 0.29) is 30.7 Å². The highest BCUT2D eigenvalue weighted by Gasteiger charge is 2.40. The molecule has 2 saturated heterocycles. The predicted molar refractivity (Wildman–Crippen MR) is 139 cm³/mol. The lowest BCUT2D eigenvalue weighted by molar-refractivity contribution is -0.117. The van der Waals surface area contributed by atoms with E-state index in [1.807, 2.05) is 11.0 Å². The van der Waals surface area contributed by atoms with Crippen molar-refractivity contribution in [2.75, 3.05) is 59.9 Å². The first-order chi connectivity index (χ1) is 19.5. The molecular formula is C24H29F2N11O3. The molecule has 3 aromatic rings. The molecule has 14 nitrogen and oxygen atoms in total. The molecule has 3 N–H and O–H groups in total. The van der Waals surface area contributed by atoms with E-state index in [2.05, 4.69) is 45.8 Å². The number of hydrogen-bond acceptors (Lipinski definition) is 12. The van der Waals surface area contributed by atoms with Gasteiger partial charge in [0, 0.05) is 56.1 Å². The molecule has 1 aliphatic carbocycles. The molecule has 3 aromatic heterocycles. The number of ether oxygens (including phenoxy) is 2. The first kappa shape index (κ1) is 26.2. The molecule has 16 heteroatoms. The summed E-state index contributed by atoms with van der Waals surface area (Å²) in [5.74, 6) is 1.76. The molecule has 2 atom stereocenters. The largest absolute Gasteiger partial charge is 0.378 e. The summed E-state index contributed by atoms with van der Waals surface area (Å²) in [5.41, 5.74) is 1.05. The summed E-state index contributed by atoms with van der Waals surface area (Å²) in [7, 11) is 0. The summed E-state index contributed by atoms with van der Waals surface area (Å²) in [6.07, 6.45) is 3.51. The van der Waals surface area contributed by atoms with Crippen molar-refractivity contribution in [3.8, 4) is 0 Å². The SMILES string of the molecule is O=C(Nc1cnccn1)[C@@H]1C[C@H](OCC(F)F)CN1c1nc(Nc2cc(C3CC3)[nH]n2)nc(N2CCOCC2)n1. The maximum Gasteiger partial charge on any atom is 0.261 e. The number of carbonyl (C=O) groups is 1. The lowest BCUT2D eigenvalue weighted by atomic mass is 10.2. The topological polar surface area (TPSA) is 159 Å².